The van der Waals surface area contributed by atoms with Crippen LogP contribution in [-0.2, 0) is 11.3 Å². The van der Waals surface area contributed by atoms with Gasteiger partial charge < -0.3 is 26.0 Å². The largest absolute Gasteiger partial charge is 0.383 e. The number of rotatable bonds is 9. The first-order valence-corrected chi connectivity index (χ1v) is 11.0. The van der Waals surface area contributed by atoms with Crippen LogP contribution in [0.3, 0.4) is 0 Å². The number of methoxy groups -OCH3 is 1. The molecule has 3 aromatic rings. The van der Waals surface area contributed by atoms with Crippen LogP contribution >= 0.6 is 0 Å². The van der Waals surface area contributed by atoms with Crippen LogP contribution in [0, 0.1) is 11.6 Å². The zero-order valence-electron chi connectivity index (χ0n) is 18.9. The number of primary amides is 1. The van der Waals surface area contributed by atoms with Crippen LogP contribution in [0.1, 0.15) is 28.8 Å². The van der Waals surface area contributed by atoms with Crippen molar-refractivity contribution in [3.05, 3.63) is 77.5 Å². The molecule has 1 aliphatic rings. The fourth-order valence-electron chi connectivity index (χ4n) is 4.20. The number of halogens is 2. The molecule has 0 saturated carbocycles. The third kappa shape index (κ3) is 5.60. The number of amides is 1. The van der Waals surface area contributed by atoms with Crippen molar-refractivity contribution in [2.75, 3.05) is 35.8 Å². The van der Waals surface area contributed by atoms with Crippen molar-refractivity contribution in [1.29, 1.82) is 0 Å². The van der Waals surface area contributed by atoms with E-state index in [4.69, 9.17) is 10.5 Å². The molecule has 9 heteroatoms. The van der Waals surface area contributed by atoms with E-state index in [0.717, 1.165) is 36.8 Å². The molecule has 7 nitrogen and oxygen atoms in total. The quantitative estimate of drug-likeness (QED) is 0.431. The molecule has 34 heavy (non-hydrogen) atoms. The summed E-state index contributed by atoms with van der Waals surface area (Å²) in [5, 5.41) is 6.24. The molecule has 1 aliphatic heterocycles. The maximum atomic E-state index is 13.5. The summed E-state index contributed by atoms with van der Waals surface area (Å²) >= 11 is 0. The van der Waals surface area contributed by atoms with Crippen LogP contribution in [0.15, 0.2) is 54.7 Å². The first kappa shape index (κ1) is 23.4. The van der Waals surface area contributed by atoms with Crippen LogP contribution in [-0.4, -0.2) is 37.2 Å². The maximum absolute atomic E-state index is 13.5. The van der Waals surface area contributed by atoms with Crippen molar-refractivity contribution in [2.24, 2.45) is 5.73 Å². The van der Waals surface area contributed by atoms with Gasteiger partial charge in [0.15, 0.2) is 0 Å². The third-order valence-electron chi connectivity index (χ3n) is 5.78. The standard InChI is InChI=1S/C25H27F2N5O2/c1-34-15-21-3-2-8-32(21)20-6-4-19(5-7-20)31-24-12-23(22(14-30-24)25(28)33)29-13-16-9-17(26)11-18(27)10-16/h4-7,9-12,14,21H,2-3,8,13,15H2,1H3,(H2,28,33)(H2,29,30,31)/t21-/m1/s1. The summed E-state index contributed by atoms with van der Waals surface area (Å²) in [4.78, 5) is 18.5. The molecular weight excluding hydrogens is 440 g/mol. The van der Waals surface area contributed by atoms with E-state index in [9.17, 15) is 13.6 Å². The van der Waals surface area contributed by atoms with E-state index in [1.807, 2.05) is 24.3 Å². The summed E-state index contributed by atoms with van der Waals surface area (Å²) in [5.41, 5.74) is 8.40. The Labute approximate surface area is 196 Å². The second-order valence-electron chi connectivity index (χ2n) is 8.23. The van der Waals surface area contributed by atoms with Crippen LogP contribution in [0.25, 0.3) is 0 Å². The Morgan fingerprint density at radius 3 is 2.59 bits per heavy atom. The molecule has 2 heterocycles. The molecule has 0 bridgehead atoms. The highest BCUT2D eigenvalue weighted by molar-refractivity contribution is 5.98. The molecular formula is C25H27F2N5O2. The Kier molecular flexibility index (Phi) is 7.22. The Balaban J connectivity index is 1.48. The second-order valence-corrected chi connectivity index (χ2v) is 8.23. The van der Waals surface area contributed by atoms with Gasteiger partial charge in [0, 0.05) is 49.9 Å². The lowest BCUT2D eigenvalue weighted by Crippen LogP contribution is -2.32. The van der Waals surface area contributed by atoms with E-state index < -0.39 is 17.5 Å². The van der Waals surface area contributed by atoms with Gasteiger partial charge in [-0.25, -0.2) is 13.8 Å². The summed E-state index contributed by atoms with van der Waals surface area (Å²) in [6.07, 6.45) is 3.62. The summed E-state index contributed by atoms with van der Waals surface area (Å²) in [7, 11) is 1.72. The molecule has 1 atom stereocenters. The maximum Gasteiger partial charge on any atom is 0.252 e. The highest BCUT2D eigenvalue weighted by atomic mass is 19.1. The minimum absolute atomic E-state index is 0.103. The van der Waals surface area contributed by atoms with Crippen molar-refractivity contribution < 1.29 is 18.3 Å². The van der Waals surface area contributed by atoms with Crippen molar-refractivity contribution >= 4 is 28.8 Å². The van der Waals surface area contributed by atoms with Gasteiger partial charge in [-0.3, -0.25) is 4.79 Å². The molecule has 0 spiro atoms. The number of nitrogens with one attached hydrogen (secondary N) is 2. The Bertz CT molecular complexity index is 1140. The molecule has 0 unspecified atom stereocenters. The van der Waals surface area contributed by atoms with E-state index in [2.05, 4.69) is 20.5 Å². The molecule has 1 amide bonds. The lowest BCUT2D eigenvalue weighted by molar-refractivity contribution is 0.100. The number of hydrogen-bond donors (Lipinski definition) is 3. The van der Waals surface area contributed by atoms with Crippen molar-refractivity contribution in [3.63, 3.8) is 0 Å². The first-order valence-electron chi connectivity index (χ1n) is 11.0. The molecule has 0 aliphatic carbocycles. The van der Waals surface area contributed by atoms with Crippen LogP contribution in [0.2, 0.25) is 0 Å². The summed E-state index contributed by atoms with van der Waals surface area (Å²) in [5.74, 6) is -1.51. The van der Waals surface area contributed by atoms with Crippen LogP contribution in [0.5, 0.6) is 0 Å². The van der Waals surface area contributed by atoms with Gasteiger partial charge >= 0.3 is 0 Å². The third-order valence-corrected chi connectivity index (χ3v) is 5.78. The number of aromatic nitrogens is 1. The summed E-state index contributed by atoms with van der Waals surface area (Å²) < 4.78 is 32.3. The van der Waals surface area contributed by atoms with Gasteiger partial charge in [0.2, 0.25) is 0 Å². The number of anilines is 4. The zero-order chi connectivity index (χ0) is 24.1. The van der Waals surface area contributed by atoms with E-state index in [0.29, 0.717) is 29.7 Å². The fourth-order valence-corrected chi connectivity index (χ4v) is 4.20. The molecule has 1 aromatic heterocycles. The van der Waals surface area contributed by atoms with Gasteiger partial charge in [-0.05, 0) is 54.8 Å². The normalized spacial score (nSPS) is 15.4. The molecule has 178 valence electrons. The Hall–Kier alpha value is -3.72. The number of hydrogen-bond acceptors (Lipinski definition) is 6. The summed E-state index contributed by atoms with van der Waals surface area (Å²) in [6, 6.07) is 13.3. The van der Waals surface area contributed by atoms with E-state index in [-0.39, 0.29) is 12.1 Å². The zero-order valence-corrected chi connectivity index (χ0v) is 18.9. The van der Waals surface area contributed by atoms with Crippen molar-refractivity contribution in [1.82, 2.24) is 4.98 Å². The topological polar surface area (TPSA) is 92.5 Å². The number of carbonyl (C=O) groups is 1. The number of ether oxygens (including phenoxy) is 1. The molecule has 1 fully saturated rings. The van der Waals surface area contributed by atoms with Gasteiger partial charge in [-0.1, -0.05) is 0 Å². The average Bonchev–Trinajstić information content (AvgIpc) is 3.26. The average molecular weight is 468 g/mol. The molecule has 4 N–H and O–H groups in total. The molecule has 0 radical (unpaired) electrons. The highest BCUT2D eigenvalue weighted by Crippen LogP contribution is 2.28. The van der Waals surface area contributed by atoms with Crippen LogP contribution < -0.4 is 21.3 Å². The predicted molar refractivity (Wildman–Crippen MR) is 128 cm³/mol. The van der Waals surface area contributed by atoms with Crippen molar-refractivity contribution in [2.45, 2.75) is 25.4 Å². The minimum atomic E-state index is -0.671. The van der Waals surface area contributed by atoms with Crippen LogP contribution in [0.4, 0.5) is 31.7 Å². The van der Waals surface area contributed by atoms with Gasteiger partial charge in [0.25, 0.3) is 5.91 Å². The van der Waals surface area contributed by atoms with Crippen molar-refractivity contribution in [3.8, 4) is 0 Å². The minimum Gasteiger partial charge on any atom is -0.383 e. The molecule has 2 aromatic carbocycles. The number of carbonyl (C=O) groups excluding carboxylic acids is 1. The summed E-state index contributed by atoms with van der Waals surface area (Å²) in [6.45, 7) is 1.81. The lowest BCUT2D eigenvalue weighted by Gasteiger charge is -2.26. The number of nitrogens with zero attached hydrogens (tertiary/aromatic N) is 2. The predicted octanol–water partition coefficient (Wildman–Crippen LogP) is 4.43. The van der Waals surface area contributed by atoms with E-state index >= 15 is 0 Å². The second kappa shape index (κ2) is 10.5. The smallest absolute Gasteiger partial charge is 0.252 e. The molecule has 1 saturated heterocycles. The first-order chi connectivity index (χ1) is 16.4. The number of benzene rings is 2. The monoisotopic (exact) mass is 467 g/mol. The Morgan fingerprint density at radius 2 is 1.91 bits per heavy atom. The highest BCUT2D eigenvalue weighted by Gasteiger charge is 2.24. The van der Waals surface area contributed by atoms with Gasteiger partial charge in [-0.15, -0.1) is 0 Å². The van der Waals surface area contributed by atoms with E-state index in [1.54, 1.807) is 13.2 Å². The number of pyridine rings is 1. The SMILES string of the molecule is COC[C@H]1CCCN1c1ccc(Nc2cc(NCc3cc(F)cc(F)c3)c(C(N)=O)cn2)cc1. The van der Waals surface area contributed by atoms with Gasteiger partial charge in [0.1, 0.15) is 17.5 Å². The lowest BCUT2D eigenvalue weighted by atomic mass is 10.1. The number of nitrogens with two attached hydrogens (primary N) is 1. The fraction of sp³-hybridized carbons (Fsp3) is 0.280. The van der Waals surface area contributed by atoms with E-state index in [1.165, 1.54) is 18.3 Å². The Morgan fingerprint density at radius 1 is 1.18 bits per heavy atom. The molecule has 4 rings (SSSR count). The van der Waals surface area contributed by atoms with Gasteiger partial charge in [-0.2, -0.15) is 0 Å². The van der Waals surface area contributed by atoms with Gasteiger partial charge in [0.05, 0.1) is 23.9 Å².